The molecule has 2 aromatic carbocycles. The molecule has 0 aliphatic rings. The monoisotopic (exact) mass is 332 g/mol. The normalized spacial score (nSPS) is 10.5. The molecule has 0 atom stereocenters. The van der Waals surface area contributed by atoms with Gasteiger partial charge in [0.25, 0.3) is 0 Å². The molecule has 0 radical (unpaired) electrons. The fourth-order valence-corrected chi connectivity index (χ4v) is 2.79. The molecule has 0 saturated heterocycles. The number of hydrogen-bond acceptors (Lipinski definition) is 4. The molecule has 0 saturated carbocycles. The molecule has 25 heavy (non-hydrogen) atoms. The third-order valence-corrected chi connectivity index (χ3v) is 4.32. The summed E-state index contributed by atoms with van der Waals surface area (Å²) in [7, 11) is 2.06. The first-order valence-corrected chi connectivity index (χ1v) is 8.68. The number of benzene rings is 2. The molecule has 3 aromatic rings. The topological polar surface area (TPSA) is 32.3 Å². The molecule has 4 nitrogen and oxygen atoms in total. The van der Waals surface area contributed by atoms with Crippen LogP contribution in [0.15, 0.2) is 72.8 Å². The van der Waals surface area contributed by atoms with Gasteiger partial charge in [-0.2, -0.15) is 0 Å². The fourth-order valence-electron chi connectivity index (χ4n) is 2.79. The largest absolute Gasteiger partial charge is 0.370 e. The predicted molar refractivity (Wildman–Crippen MR) is 105 cm³/mol. The summed E-state index contributed by atoms with van der Waals surface area (Å²) < 4.78 is 0. The van der Waals surface area contributed by atoms with Gasteiger partial charge in [-0.15, -0.1) is 10.2 Å². The quantitative estimate of drug-likeness (QED) is 0.652. The molecule has 3 rings (SSSR count). The number of nitrogens with zero attached hydrogens (tertiary/aromatic N) is 4. The zero-order valence-corrected chi connectivity index (χ0v) is 14.8. The number of hydrogen-bond donors (Lipinski definition) is 0. The first-order valence-electron chi connectivity index (χ1n) is 8.68. The van der Waals surface area contributed by atoms with Crippen molar-refractivity contribution in [2.24, 2.45) is 0 Å². The minimum Gasteiger partial charge on any atom is -0.370 e. The molecule has 0 unspecified atom stereocenters. The van der Waals surface area contributed by atoms with E-state index in [0.29, 0.717) is 0 Å². The molecule has 0 N–H and O–H groups in total. The van der Waals surface area contributed by atoms with Crippen LogP contribution in [0.2, 0.25) is 0 Å². The maximum atomic E-state index is 4.39. The Morgan fingerprint density at radius 2 is 1.44 bits per heavy atom. The van der Waals surface area contributed by atoms with Crippen molar-refractivity contribution in [1.82, 2.24) is 10.2 Å². The van der Waals surface area contributed by atoms with E-state index >= 15 is 0 Å². The van der Waals surface area contributed by atoms with Crippen molar-refractivity contribution in [1.29, 1.82) is 0 Å². The van der Waals surface area contributed by atoms with Gasteiger partial charge in [0, 0.05) is 37.9 Å². The van der Waals surface area contributed by atoms with Crippen molar-refractivity contribution in [2.75, 3.05) is 36.5 Å². The van der Waals surface area contributed by atoms with Crippen LogP contribution >= 0.6 is 0 Å². The molecule has 1 heterocycles. The Hall–Kier alpha value is -2.88. The first-order chi connectivity index (χ1) is 12.3. The van der Waals surface area contributed by atoms with Crippen LogP contribution in [-0.2, 0) is 0 Å². The van der Waals surface area contributed by atoms with Gasteiger partial charge in [-0.05, 0) is 31.2 Å². The Labute approximate surface area is 149 Å². The first kappa shape index (κ1) is 17.0. The van der Waals surface area contributed by atoms with Crippen LogP contribution in [0.4, 0.5) is 11.5 Å². The van der Waals surface area contributed by atoms with Gasteiger partial charge in [-0.1, -0.05) is 48.5 Å². The second kappa shape index (κ2) is 8.29. The zero-order valence-electron chi connectivity index (χ0n) is 14.8. The average Bonchev–Trinajstić information content (AvgIpc) is 2.70. The van der Waals surface area contributed by atoms with E-state index in [1.54, 1.807) is 0 Å². The molecule has 4 heteroatoms. The number of anilines is 2. The van der Waals surface area contributed by atoms with Crippen LogP contribution in [0.25, 0.3) is 11.3 Å². The highest BCUT2D eigenvalue weighted by molar-refractivity contribution is 5.59. The van der Waals surface area contributed by atoms with Gasteiger partial charge < -0.3 is 9.80 Å². The lowest BCUT2D eigenvalue weighted by atomic mass is 10.1. The van der Waals surface area contributed by atoms with E-state index in [9.17, 15) is 0 Å². The maximum Gasteiger partial charge on any atom is 0.151 e. The van der Waals surface area contributed by atoms with Gasteiger partial charge in [0.15, 0.2) is 5.82 Å². The van der Waals surface area contributed by atoms with Crippen LogP contribution in [-0.4, -0.2) is 36.9 Å². The minimum absolute atomic E-state index is 0.891. The summed E-state index contributed by atoms with van der Waals surface area (Å²) in [5.41, 5.74) is 3.24. The minimum atomic E-state index is 0.891. The SMILES string of the molecule is CCN(CCN(C)c1ccc(-c2ccccc2)nn1)c1ccccc1. The highest BCUT2D eigenvalue weighted by atomic mass is 15.3. The summed E-state index contributed by atoms with van der Waals surface area (Å²) in [5, 5.41) is 8.76. The molecule has 1 aromatic heterocycles. The van der Waals surface area contributed by atoms with E-state index in [4.69, 9.17) is 0 Å². The molecule has 0 bridgehead atoms. The summed E-state index contributed by atoms with van der Waals surface area (Å²) in [5.74, 6) is 0.892. The van der Waals surface area contributed by atoms with Crippen molar-refractivity contribution in [3.05, 3.63) is 72.8 Å². The lowest BCUT2D eigenvalue weighted by molar-refractivity contribution is 0.773. The second-order valence-corrected chi connectivity index (χ2v) is 5.98. The predicted octanol–water partition coefficient (Wildman–Crippen LogP) is 4.11. The van der Waals surface area contributed by atoms with E-state index < -0.39 is 0 Å². The molecule has 0 amide bonds. The van der Waals surface area contributed by atoms with Crippen molar-refractivity contribution in [3.63, 3.8) is 0 Å². The van der Waals surface area contributed by atoms with Crippen LogP contribution < -0.4 is 9.80 Å². The Bertz CT molecular complexity index is 757. The molecule has 0 spiro atoms. The van der Waals surface area contributed by atoms with Crippen LogP contribution in [0.1, 0.15) is 6.92 Å². The molecular weight excluding hydrogens is 308 g/mol. The lowest BCUT2D eigenvalue weighted by Crippen LogP contribution is -2.33. The van der Waals surface area contributed by atoms with E-state index in [1.807, 2.05) is 48.5 Å². The van der Waals surface area contributed by atoms with Gasteiger partial charge in [-0.3, -0.25) is 0 Å². The molecular formula is C21H24N4. The highest BCUT2D eigenvalue weighted by Gasteiger charge is 2.08. The Morgan fingerprint density at radius 3 is 2.04 bits per heavy atom. The zero-order chi connectivity index (χ0) is 17.5. The highest BCUT2D eigenvalue weighted by Crippen LogP contribution is 2.18. The molecule has 128 valence electrons. The smallest absolute Gasteiger partial charge is 0.151 e. The Balaban J connectivity index is 1.62. The standard InChI is InChI=1S/C21H24N4/c1-3-25(19-12-8-5-9-13-19)17-16-24(2)21-15-14-20(22-23-21)18-10-6-4-7-11-18/h4-15H,3,16-17H2,1-2H3. The van der Waals surface area contributed by atoms with E-state index in [2.05, 4.69) is 58.2 Å². The van der Waals surface area contributed by atoms with E-state index in [-0.39, 0.29) is 0 Å². The van der Waals surface area contributed by atoms with E-state index in [0.717, 1.165) is 36.7 Å². The second-order valence-electron chi connectivity index (χ2n) is 5.98. The fraction of sp³-hybridized carbons (Fsp3) is 0.238. The van der Waals surface area contributed by atoms with Gasteiger partial charge in [0.05, 0.1) is 5.69 Å². The lowest BCUT2D eigenvalue weighted by Gasteiger charge is -2.26. The Kier molecular flexibility index (Phi) is 5.62. The third kappa shape index (κ3) is 4.35. The molecule has 0 aliphatic heterocycles. The van der Waals surface area contributed by atoms with Crippen LogP contribution in [0, 0.1) is 0 Å². The number of para-hydroxylation sites is 1. The summed E-state index contributed by atoms with van der Waals surface area (Å²) in [6, 6.07) is 24.7. The maximum absolute atomic E-state index is 4.39. The van der Waals surface area contributed by atoms with Crippen molar-refractivity contribution in [2.45, 2.75) is 6.92 Å². The average molecular weight is 332 g/mol. The molecule has 0 aliphatic carbocycles. The molecule has 0 fully saturated rings. The van der Waals surface area contributed by atoms with Gasteiger partial charge in [-0.25, -0.2) is 0 Å². The summed E-state index contributed by atoms with van der Waals surface area (Å²) in [6.07, 6.45) is 0. The van der Waals surface area contributed by atoms with Gasteiger partial charge >= 0.3 is 0 Å². The van der Waals surface area contributed by atoms with Crippen molar-refractivity contribution in [3.8, 4) is 11.3 Å². The van der Waals surface area contributed by atoms with Crippen LogP contribution in [0.3, 0.4) is 0 Å². The van der Waals surface area contributed by atoms with Crippen molar-refractivity contribution < 1.29 is 0 Å². The third-order valence-electron chi connectivity index (χ3n) is 4.32. The Morgan fingerprint density at radius 1 is 0.760 bits per heavy atom. The van der Waals surface area contributed by atoms with E-state index in [1.165, 1.54) is 5.69 Å². The number of likely N-dealkylation sites (N-methyl/N-ethyl adjacent to an activating group) is 2. The summed E-state index contributed by atoms with van der Waals surface area (Å²) in [4.78, 5) is 4.51. The van der Waals surface area contributed by atoms with Gasteiger partial charge in [0.2, 0.25) is 0 Å². The summed E-state index contributed by atoms with van der Waals surface area (Å²) >= 11 is 0. The summed E-state index contributed by atoms with van der Waals surface area (Å²) in [6.45, 7) is 5.00. The number of rotatable bonds is 7. The van der Waals surface area contributed by atoms with Crippen molar-refractivity contribution >= 4 is 11.5 Å². The van der Waals surface area contributed by atoms with Crippen LogP contribution in [0.5, 0.6) is 0 Å². The number of aromatic nitrogens is 2. The van der Waals surface area contributed by atoms with Gasteiger partial charge in [0.1, 0.15) is 0 Å².